The predicted molar refractivity (Wildman–Crippen MR) is 103 cm³/mol. The molecular formula is C20H21N3OS. The van der Waals surface area contributed by atoms with Gasteiger partial charge in [-0.05, 0) is 43.2 Å². The Hall–Kier alpha value is -2.53. The molecule has 0 fully saturated rings. The van der Waals surface area contributed by atoms with Crippen molar-refractivity contribution in [3.63, 3.8) is 0 Å². The first kappa shape index (κ1) is 17.3. The van der Waals surface area contributed by atoms with Gasteiger partial charge in [-0.25, -0.2) is 4.98 Å². The molecule has 0 saturated heterocycles. The van der Waals surface area contributed by atoms with Gasteiger partial charge in [0.05, 0.1) is 5.69 Å². The monoisotopic (exact) mass is 351 g/mol. The number of benzene rings is 2. The largest absolute Gasteiger partial charge is 0.326 e. The third-order valence-corrected chi connectivity index (χ3v) is 4.82. The second-order valence-corrected chi connectivity index (χ2v) is 6.94. The number of nitrogens with zero attached hydrogens (tertiary/aromatic N) is 2. The van der Waals surface area contributed by atoms with Gasteiger partial charge < -0.3 is 5.32 Å². The summed E-state index contributed by atoms with van der Waals surface area (Å²) in [6.07, 6.45) is 4.21. The highest BCUT2D eigenvalue weighted by Crippen LogP contribution is 2.24. The fraction of sp³-hybridized carbons (Fsp3) is 0.200. The fourth-order valence-corrected chi connectivity index (χ4v) is 3.44. The lowest BCUT2D eigenvalue weighted by Crippen LogP contribution is -2.12. The van der Waals surface area contributed by atoms with Gasteiger partial charge in [-0.2, -0.15) is 0 Å². The van der Waals surface area contributed by atoms with Gasteiger partial charge in [0.25, 0.3) is 0 Å². The number of nitrogens with one attached hydrogen (secondary N) is 1. The van der Waals surface area contributed by atoms with E-state index in [9.17, 15) is 4.79 Å². The number of carbonyl (C=O) groups is 1. The predicted octanol–water partition coefficient (Wildman–Crippen LogP) is 4.61. The van der Waals surface area contributed by atoms with E-state index in [1.54, 1.807) is 18.0 Å². The molecule has 0 radical (unpaired) electrons. The number of aromatic nitrogens is 2. The minimum absolute atomic E-state index is 0.0172. The minimum atomic E-state index is 0.0172. The number of thioether (sulfide) groups is 1. The lowest BCUT2D eigenvalue weighted by atomic mass is 10.1. The van der Waals surface area contributed by atoms with Gasteiger partial charge in [0.15, 0.2) is 5.16 Å². The molecule has 0 unspecified atom stereocenters. The van der Waals surface area contributed by atoms with E-state index in [-0.39, 0.29) is 5.91 Å². The van der Waals surface area contributed by atoms with Crippen LogP contribution in [0.15, 0.2) is 66.1 Å². The van der Waals surface area contributed by atoms with Crippen LogP contribution in [0.2, 0.25) is 0 Å². The zero-order valence-corrected chi connectivity index (χ0v) is 15.2. The molecule has 1 amide bonds. The van der Waals surface area contributed by atoms with Gasteiger partial charge in [0.1, 0.15) is 0 Å². The molecule has 25 heavy (non-hydrogen) atoms. The molecule has 5 heteroatoms. The first-order valence-electron chi connectivity index (χ1n) is 8.22. The highest BCUT2D eigenvalue weighted by Gasteiger charge is 2.10. The van der Waals surface area contributed by atoms with Crippen LogP contribution in [-0.2, 0) is 4.79 Å². The maximum atomic E-state index is 12.0. The normalized spacial score (nSPS) is 10.6. The van der Waals surface area contributed by atoms with Gasteiger partial charge in [0.2, 0.25) is 5.91 Å². The summed E-state index contributed by atoms with van der Waals surface area (Å²) in [5.41, 5.74) is 4.38. The molecule has 3 rings (SSSR count). The summed E-state index contributed by atoms with van der Waals surface area (Å²) in [6, 6.07) is 15.9. The Morgan fingerprint density at radius 2 is 1.96 bits per heavy atom. The van der Waals surface area contributed by atoms with E-state index in [4.69, 9.17) is 0 Å². The first-order valence-corrected chi connectivity index (χ1v) is 9.21. The fourth-order valence-electron chi connectivity index (χ4n) is 2.54. The number of para-hydroxylation sites is 1. The number of aryl methyl sites for hydroxylation is 2. The second-order valence-electron chi connectivity index (χ2n) is 5.88. The Bertz CT molecular complexity index is 858. The summed E-state index contributed by atoms with van der Waals surface area (Å²) in [5, 5.41) is 3.81. The number of hydrogen-bond donors (Lipinski definition) is 1. The lowest BCUT2D eigenvalue weighted by molar-refractivity contribution is -0.115. The molecule has 0 spiro atoms. The average Bonchev–Trinajstić information content (AvgIpc) is 3.06. The molecule has 2 aromatic carbocycles. The second kappa shape index (κ2) is 8.03. The van der Waals surface area contributed by atoms with Crippen LogP contribution in [0, 0.1) is 13.8 Å². The van der Waals surface area contributed by atoms with Crippen molar-refractivity contribution in [3.8, 4) is 5.69 Å². The number of amides is 1. The van der Waals surface area contributed by atoms with Crippen molar-refractivity contribution in [2.75, 3.05) is 11.1 Å². The quantitative estimate of drug-likeness (QED) is 0.660. The van der Waals surface area contributed by atoms with Crippen molar-refractivity contribution in [2.24, 2.45) is 0 Å². The molecule has 3 aromatic rings. The van der Waals surface area contributed by atoms with Crippen LogP contribution in [0.3, 0.4) is 0 Å². The van der Waals surface area contributed by atoms with Crippen LogP contribution < -0.4 is 5.32 Å². The number of anilines is 1. The van der Waals surface area contributed by atoms with E-state index < -0.39 is 0 Å². The number of imidazole rings is 1. The van der Waals surface area contributed by atoms with Crippen LogP contribution >= 0.6 is 11.8 Å². The Balaban J connectivity index is 1.60. The van der Waals surface area contributed by atoms with E-state index in [2.05, 4.69) is 46.9 Å². The zero-order valence-electron chi connectivity index (χ0n) is 14.4. The van der Waals surface area contributed by atoms with Crippen LogP contribution in [0.25, 0.3) is 5.69 Å². The van der Waals surface area contributed by atoms with Crippen molar-refractivity contribution in [1.29, 1.82) is 0 Å². The Labute approximate surface area is 152 Å². The minimum Gasteiger partial charge on any atom is -0.326 e. The van der Waals surface area contributed by atoms with E-state index in [1.807, 2.05) is 36.5 Å². The van der Waals surface area contributed by atoms with Crippen molar-refractivity contribution in [2.45, 2.75) is 25.4 Å². The first-order chi connectivity index (χ1) is 12.1. The van der Waals surface area contributed by atoms with Gasteiger partial charge in [-0.3, -0.25) is 9.36 Å². The third kappa shape index (κ3) is 4.51. The topological polar surface area (TPSA) is 46.9 Å². The number of hydrogen-bond acceptors (Lipinski definition) is 3. The van der Waals surface area contributed by atoms with Crippen molar-refractivity contribution >= 4 is 23.4 Å². The molecule has 128 valence electrons. The highest BCUT2D eigenvalue weighted by molar-refractivity contribution is 7.99. The Morgan fingerprint density at radius 3 is 2.76 bits per heavy atom. The maximum absolute atomic E-state index is 12.0. The highest BCUT2D eigenvalue weighted by atomic mass is 32.2. The summed E-state index contributed by atoms with van der Waals surface area (Å²) in [6.45, 7) is 4.18. The molecule has 0 saturated carbocycles. The molecule has 1 heterocycles. The van der Waals surface area contributed by atoms with Crippen LogP contribution in [0.4, 0.5) is 5.69 Å². The van der Waals surface area contributed by atoms with Crippen molar-refractivity contribution in [3.05, 3.63) is 72.1 Å². The molecule has 0 aliphatic carbocycles. The van der Waals surface area contributed by atoms with Crippen LogP contribution in [0.1, 0.15) is 17.5 Å². The van der Waals surface area contributed by atoms with Crippen LogP contribution in [0.5, 0.6) is 0 Å². The summed E-state index contributed by atoms with van der Waals surface area (Å²) < 4.78 is 2.09. The van der Waals surface area contributed by atoms with Crippen molar-refractivity contribution < 1.29 is 4.79 Å². The average molecular weight is 351 g/mol. The standard InChI is InChI=1S/C20H21N3OS/c1-15-8-9-16(2)18(14-15)23-12-11-21-20(23)25-13-10-19(24)22-17-6-4-3-5-7-17/h3-9,11-12,14H,10,13H2,1-2H3,(H,22,24). The molecule has 0 atom stereocenters. The number of carbonyl (C=O) groups excluding carboxylic acids is 1. The van der Waals surface area contributed by atoms with E-state index in [1.165, 1.54) is 11.1 Å². The summed E-state index contributed by atoms with van der Waals surface area (Å²) >= 11 is 1.59. The summed E-state index contributed by atoms with van der Waals surface area (Å²) in [7, 11) is 0. The SMILES string of the molecule is Cc1ccc(C)c(-n2ccnc2SCCC(=O)Nc2ccccc2)c1. The molecule has 0 aliphatic rings. The Kier molecular flexibility index (Phi) is 5.56. The van der Waals surface area contributed by atoms with Gasteiger partial charge in [-0.1, -0.05) is 42.1 Å². The van der Waals surface area contributed by atoms with Crippen molar-refractivity contribution in [1.82, 2.24) is 9.55 Å². The van der Waals surface area contributed by atoms with Gasteiger partial charge in [-0.15, -0.1) is 0 Å². The number of rotatable bonds is 6. The van der Waals surface area contributed by atoms with Gasteiger partial charge in [0, 0.05) is 30.3 Å². The maximum Gasteiger partial charge on any atom is 0.225 e. The molecule has 0 bridgehead atoms. The molecule has 4 nitrogen and oxygen atoms in total. The third-order valence-electron chi connectivity index (χ3n) is 3.85. The van der Waals surface area contributed by atoms with E-state index in [0.29, 0.717) is 12.2 Å². The Morgan fingerprint density at radius 1 is 1.16 bits per heavy atom. The summed E-state index contributed by atoms with van der Waals surface area (Å²) in [4.78, 5) is 16.5. The molecule has 0 aliphatic heterocycles. The summed E-state index contributed by atoms with van der Waals surface area (Å²) in [5.74, 6) is 0.698. The van der Waals surface area contributed by atoms with Crippen LogP contribution in [-0.4, -0.2) is 21.2 Å². The lowest BCUT2D eigenvalue weighted by Gasteiger charge is -2.11. The zero-order chi connectivity index (χ0) is 17.6. The molecule has 1 N–H and O–H groups in total. The molecular weight excluding hydrogens is 330 g/mol. The molecule has 1 aromatic heterocycles. The van der Waals surface area contributed by atoms with Gasteiger partial charge >= 0.3 is 0 Å². The smallest absolute Gasteiger partial charge is 0.225 e. The van der Waals surface area contributed by atoms with E-state index >= 15 is 0 Å². The van der Waals surface area contributed by atoms with E-state index in [0.717, 1.165) is 16.5 Å².